The average molecular weight is 340 g/mol. The van der Waals surface area contributed by atoms with E-state index in [0.29, 0.717) is 0 Å². The number of aromatic nitrogens is 2. The molecular weight excluding hydrogens is 320 g/mol. The smallest absolute Gasteiger partial charge is 0.194 e. The molecule has 0 aliphatic rings. The van der Waals surface area contributed by atoms with Gasteiger partial charge in [-0.3, -0.25) is 4.79 Å². The van der Waals surface area contributed by atoms with E-state index >= 15 is 0 Å². The van der Waals surface area contributed by atoms with Crippen molar-refractivity contribution in [3.8, 4) is 22.5 Å². The number of benzene rings is 2. The Bertz CT molecular complexity index is 999. The first-order valence-corrected chi connectivity index (χ1v) is 8.63. The van der Waals surface area contributed by atoms with Gasteiger partial charge >= 0.3 is 0 Å². The van der Waals surface area contributed by atoms with Gasteiger partial charge < -0.3 is 9.13 Å². The Kier molecular flexibility index (Phi) is 4.05. The van der Waals surface area contributed by atoms with E-state index in [0.717, 1.165) is 33.6 Å². The molecule has 3 heteroatoms. The topological polar surface area (TPSA) is 26.9 Å². The van der Waals surface area contributed by atoms with Crippen molar-refractivity contribution in [2.24, 2.45) is 14.1 Å². The minimum Gasteiger partial charge on any atom is -0.351 e. The summed E-state index contributed by atoms with van der Waals surface area (Å²) in [5.41, 5.74) is 5.40. The van der Waals surface area contributed by atoms with Gasteiger partial charge in [-0.2, -0.15) is 0 Å². The van der Waals surface area contributed by atoms with E-state index in [1.165, 1.54) is 0 Å². The van der Waals surface area contributed by atoms with Crippen molar-refractivity contribution in [3.63, 3.8) is 0 Å². The molecule has 0 bridgehead atoms. The summed E-state index contributed by atoms with van der Waals surface area (Å²) in [4.78, 5) is 13.5. The molecule has 0 amide bonds. The number of ketones is 1. The van der Waals surface area contributed by atoms with Gasteiger partial charge in [-0.15, -0.1) is 0 Å². The van der Waals surface area contributed by atoms with Gasteiger partial charge in [0, 0.05) is 60.1 Å². The quantitative estimate of drug-likeness (QED) is 0.484. The monoisotopic (exact) mass is 340 g/mol. The van der Waals surface area contributed by atoms with Crippen molar-refractivity contribution < 1.29 is 4.79 Å². The van der Waals surface area contributed by atoms with Gasteiger partial charge in [0.1, 0.15) is 0 Å². The van der Waals surface area contributed by atoms with Gasteiger partial charge in [0.2, 0.25) is 0 Å². The van der Waals surface area contributed by atoms with Crippen molar-refractivity contribution >= 4 is 5.78 Å². The summed E-state index contributed by atoms with van der Waals surface area (Å²) in [7, 11) is 3.99. The second kappa shape index (κ2) is 6.52. The van der Waals surface area contributed by atoms with Crippen LogP contribution >= 0.6 is 0 Å². The van der Waals surface area contributed by atoms with Crippen LogP contribution in [0.1, 0.15) is 15.9 Å². The molecule has 0 N–H and O–H groups in total. The highest BCUT2D eigenvalue weighted by Gasteiger charge is 2.19. The molecular formula is C23H20N2O. The molecule has 0 atom stereocenters. The molecule has 26 heavy (non-hydrogen) atoms. The van der Waals surface area contributed by atoms with E-state index in [-0.39, 0.29) is 5.78 Å². The Morgan fingerprint density at radius 3 is 1.42 bits per heavy atom. The summed E-state index contributed by atoms with van der Waals surface area (Å²) < 4.78 is 4.07. The summed E-state index contributed by atoms with van der Waals surface area (Å²) in [5.74, 6) is 0.0404. The van der Waals surface area contributed by atoms with Gasteiger partial charge in [0.25, 0.3) is 0 Å². The van der Waals surface area contributed by atoms with Crippen molar-refractivity contribution in [1.82, 2.24) is 9.13 Å². The normalized spacial score (nSPS) is 10.8. The fraction of sp³-hybridized carbons (Fsp3) is 0.0870. The summed E-state index contributed by atoms with van der Waals surface area (Å²) in [6.45, 7) is 0. The van der Waals surface area contributed by atoms with Crippen LogP contribution < -0.4 is 0 Å². The molecule has 4 rings (SSSR count). The van der Waals surface area contributed by atoms with Crippen molar-refractivity contribution in [3.05, 3.63) is 96.3 Å². The maximum atomic E-state index is 13.5. The molecule has 128 valence electrons. The number of carbonyl (C=O) groups excluding carboxylic acids is 1. The van der Waals surface area contributed by atoms with Crippen LogP contribution in [0.25, 0.3) is 22.5 Å². The summed E-state index contributed by atoms with van der Waals surface area (Å²) in [5, 5.41) is 0. The van der Waals surface area contributed by atoms with Crippen LogP contribution in [0.15, 0.2) is 85.2 Å². The molecule has 0 unspecified atom stereocenters. The van der Waals surface area contributed by atoms with Crippen LogP contribution in [0, 0.1) is 0 Å². The Morgan fingerprint density at radius 1 is 0.615 bits per heavy atom. The first kappa shape index (κ1) is 16.2. The van der Waals surface area contributed by atoms with Crippen LogP contribution in [0.5, 0.6) is 0 Å². The highest BCUT2D eigenvalue weighted by atomic mass is 16.1. The van der Waals surface area contributed by atoms with Crippen molar-refractivity contribution in [1.29, 1.82) is 0 Å². The molecule has 0 radical (unpaired) electrons. The molecule has 2 heterocycles. The molecule has 0 aliphatic heterocycles. The largest absolute Gasteiger partial charge is 0.351 e. The summed E-state index contributed by atoms with van der Waals surface area (Å²) in [6, 6.07) is 23.7. The lowest BCUT2D eigenvalue weighted by Crippen LogP contribution is -2.07. The third-order valence-electron chi connectivity index (χ3n) is 4.78. The molecule has 0 aliphatic carbocycles. The number of carbonyl (C=O) groups is 1. The maximum absolute atomic E-state index is 13.5. The van der Waals surface area contributed by atoms with E-state index in [1.54, 1.807) is 0 Å². The lowest BCUT2D eigenvalue weighted by atomic mass is 9.93. The van der Waals surface area contributed by atoms with E-state index < -0.39 is 0 Å². The zero-order valence-corrected chi connectivity index (χ0v) is 14.9. The lowest BCUT2D eigenvalue weighted by molar-refractivity contribution is 0.104. The zero-order chi connectivity index (χ0) is 18.1. The van der Waals surface area contributed by atoms with Gasteiger partial charge in [0.05, 0.1) is 0 Å². The summed E-state index contributed by atoms with van der Waals surface area (Å²) >= 11 is 0. The van der Waals surface area contributed by atoms with E-state index in [4.69, 9.17) is 0 Å². The Hall–Kier alpha value is -3.33. The first-order chi connectivity index (χ1) is 12.7. The van der Waals surface area contributed by atoms with Gasteiger partial charge in [-0.05, 0) is 24.3 Å². The molecule has 2 aromatic carbocycles. The SMILES string of the molecule is Cn1cccc1-c1ccccc1C(=O)c1ccccc1-c1cccn1C. The van der Waals surface area contributed by atoms with Gasteiger partial charge in [-0.1, -0.05) is 48.5 Å². The number of hydrogen-bond acceptors (Lipinski definition) is 1. The van der Waals surface area contributed by atoms with E-state index in [1.807, 2.05) is 108 Å². The number of nitrogens with zero attached hydrogens (tertiary/aromatic N) is 2. The minimum absolute atomic E-state index is 0.0404. The Balaban J connectivity index is 1.87. The molecule has 3 nitrogen and oxygen atoms in total. The van der Waals surface area contributed by atoms with E-state index in [2.05, 4.69) is 0 Å². The predicted molar refractivity (Wildman–Crippen MR) is 105 cm³/mol. The number of aryl methyl sites for hydroxylation is 2. The lowest BCUT2D eigenvalue weighted by Gasteiger charge is -2.13. The summed E-state index contributed by atoms with van der Waals surface area (Å²) in [6.07, 6.45) is 3.99. The third-order valence-corrected chi connectivity index (χ3v) is 4.78. The Labute approximate surface area is 153 Å². The van der Waals surface area contributed by atoms with Gasteiger partial charge in [-0.25, -0.2) is 0 Å². The molecule has 0 fully saturated rings. The standard InChI is InChI=1S/C23H20N2O/c1-24-15-7-13-21(24)17-9-3-5-11-19(17)23(26)20-12-6-4-10-18(20)22-14-8-16-25(22)2/h3-16H,1-2H3. The highest BCUT2D eigenvalue weighted by Crippen LogP contribution is 2.30. The fourth-order valence-corrected chi connectivity index (χ4v) is 3.44. The number of hydrogen-bond donors (Lipinski definition) is 0. The third kappa shape index (κ3) is 2.68. The zero-order valence-electron chi connectivity index (χ0n) is 14.9. The molecule has 0 spiro atoms. The predicted octanol–water partition coefficient (Wildman–Crippen LogP) is 4.93. The molecule has 4 aromatic rings. The molecule has 0 saturated carbocycles. The van der Waals surface area contributed by atoms with Gasteiger partial charge in [0.15, 0.2) is 5.78 Å². The maximum Gasteiger partial charge on any atom is 0.194 e. The minimum atomic E-state index is 0.0404. The van der Waals surface area contributed by atoms with Crippen LogP contribution in [0.4, 0.5) is 0 Å². The van der Waals surface area contributed by atoms with Crippen molar-refractivity contribution in [2.75, 3.05) is 0 Å². The van der Waals surface area contributed by atoms with Crippen molar-refractivity contribution in [2.45, 2.75) is 0 Å². The highest BCUT2D eigenvalue weighted by molar-refractivity contribution is 6.15. The molecule has 0 saturated heterocycles. The molecule has 2 aromatic heterocycles. The first-order valence-electron chi connectivity index (χ1n) is 8.63. The average Bonchev–Trinajstić information content (AvgIpc) is 3.29. The fourth-order valence-electron chi connectivity index (χ4n) is 3.44. The number of rotatable bonds is 4. The Morgan fingerprint density at radius 2 is 1.04 bits per heavy atom. The van der Waals surface area contributed by atoms with Crippen LogP contribution in [-0.2, 0) is 14.1 Å². The van der Waals surface area contributed by atoms with E-state index in [9.17, 15) is 4.79 Å². The van der Waals surface area contributed by atoms with Crippen LogP contribution in [0.3, 0.4) is 0 Å². The van der Waals surface area contributed by atoms with Crippen LogP contribution in [0.2, 0.25) is 0 Å². The van der Waals surface area contributed by atoms with Crippen LogP contribution in [-0.4, -0.2) is 14.9 Å². The second-order valence-electron chi connectivity index (χ2n) is 6.43. The second-order valence-corrected chi connectivity index (χ2v) is 6.43.